The van der Waals surface area contributed by atoms with Gasteiger partial charge in [-0.3, -0.25) is 14.9 Å². The highest BCUT2D eigenvalue weighted by Crippen LogP contribution is 2.36. The fourth-order valence-electron chi connectivity index (χ4n) is 3.68. The number of urea groups is 1. The molecule has 0 radical (unpaired) electrons. The van der Waals surface area contributed by atoms with E-state index < -0.39 is 17.8 Å². The third kappa shape index (κ3) is 5.59. The van der Waals surface area contributed by atoms with E-state index in [0.29, 0.717) is 11.3 Å². The van der Waals surface area contributed by atoms with Crippen molar-refractivity contribution >= 4 is 68.7 Å². The molecule has 0 bridgehead atoms. The van der Waals surface area contributed by atoms with Crippen molar-refractivity contribution in [3.8, 4) is 5.75 Å². The van der Waals surface area contributed by atoms with Crippen LogP contribution in [0.25, 0.3) is 6.08 Å². The summed E-state index contributed by atoms with van der Waals surface area (Å²) in [6.07, 6.45) is 1.34. The summed E-state index contributed by atoms with van der Waals surface area (Å²) in [6.45, 7) is 3.96. The molecular formula is C26H19BrCl2N2O4. The summed E-state index contributed by atoms with van der Waals surface area (Å²) in [5.74, 6) is -1.26. The van der Waals surface area contributed by atoms with Gasteiger partial charge < -0.3 is 4.74 Å². The van der Waals surface area contributed by atoms with E-state index in [2.05, 4.69) is 21.2 Å². The van der Waals surface area contributed by atoms with Crippen LogP contribution >= 0.6 is 39.1 Å². The van der Waals surface area contributed by atoms with Crippen LogP contribution in [0.4, 0.5) is 10.5 Å². The summed E-state index contributed by atoms with van der Waals surface area (Å²) in [4.78, 5) is 39.1. The Kier molecular flexibility index (Phi) is 7.31. The van der Waals surface area contributed by atoms with Crippen LogP contribution in [0.2, 0.25) is 10.0 Å². The number of anilines is 1. The van der Waals surface area contributed by atoms with Crippen molar-refractivity contribution in [2.24, 2.45) is 0 Å². The van der Waals surface area contributed by atoms with E-state index in [1.165, 1.54) is 18.2 Å². The number of nitrogens with zero attached hydrogens (tertiary/aromatic N) is 1. The van der Waals surface area contributed by atoms with Crippen molar-refractivity contribution < 1.29 is 19.1 Å². The molecule has 1 aliphatic rings. The molecule has 0 saturated carbocycles. The van der Waals surface area contributed by atoms with Gasteiger partial charge in [-0.2, -0.15) is 0 Å². The molecule has 1 heterocycles. The normalized spacial score (nSPS) is 14.9. The van der Waals surface area contributed by atoms with Crippen molar-refractivity contribution in [2.75, 3.05) is 4.90 Å². The number of hydrogen-bond donors (Lipinski definition) is 1. The first-order valence-electron chi connectivity index (χ1n) is 10.5. The third-order valence-electron chi connectivity index (χ3n) is 5.19. The maximum atomic E-state index is 13.2. The number of halogens is 3. The Morgan fingerprint density at radius 2 is 1.54 bits per heavy atom. The zero-order valence-electron chi connectivity index (χ0n) is 18.7. The number of rotatable bonds is 5. The first-order chi connectivity index (χ1) is 16.6. The van der Waals surface area contributed by atoms with Gasteiger partial charge in [0.25, 0.3) is 11.8 Å². The average molecular weight is 574 g/mol. The van der Waals surface area contributed by atoms with Crippen molar-refractivity contribution in [1.82, 2.24) is 5.32 Å². The van der Waals surface area contributed by atoms with E-state index in [0.717, 1.165) is 26.1 Å². The topological polar surface area (TPSA) is 75.7 Å². The monoisotopic (exact) mass is 572 g/mol. The van der Waals surface area contributed by atoms with Crippen LogP contribution in [0.1, 0.15) is 22.3 Å². The second-order valence-corrected chi connectivity index (χ2v) is 9.76. The molecule has 3 aromatic carbocycles. The molecule has 35 heavy (non-hydrogen) atoms. The Morgan fingerprint density at radius 3 is 2.14 bits per heavy atom. The second-order valence-electron chi connectivity index (χ2n) is 8.03. The van der Waals surface area contributed by atoms with Crippen molar-refractivity contribution in [3.05, 3.63) is 96.9 Å². The van der Waals surface area contributed by atoms with Gasteiger partial charge in [-0.05, 0) is 78.6 Å². The van der Waals surface area contributed by atoms with Gasteiger partial charge in [0.15, 0.2) is 5.75 Å². The van der Waals surface area contributed by atoms with Crippen molar-refractivity contribution in [2.45, 2.75) is 20.5 Å². The molecule has 0 spiro atoms. The number of barbiturate groups is 1. The SMILES string of the molecule is Cc1cc(C)cc(N2C(=O)NC(=O)/C(=C\c3cc(Cl)c(OCc4ccc(Br)cc4)c(Cl)c3)C2=O)c1. The number of imide groups is 2. The quantitative estimate of drug-likeness (QED) is 0.275. The van der Waals surface area contributed by atoms with E-state index in [1.54, 1.807) is 12.1 Å². The maximum absolute atomic E-state index is 13.2. The van der Waals surface area contributed by atoms with Gasteiger partial charge in [-0.1, -0.05) is 57.3 Å². The number of amides is 4. The van der Waals surface area contributed by atoms with Gasteiger partial charge in [0.05, 0.1) is 15.7 Å². The van der Waals surface area contributed by atoms with Crippen molar-refractivity contribution in [1.29, 1.82) is 0 Å². The first kappa shape index (κ1) is 25.0. The first-order valence-corrected chi connectivity index (χ1v) is 12.0. The molecule has 1 saturated heterocycles. The molecule has 6 nitrogen and oxygen atoms in total. The molecule has 1 aliphatic heterocycles. The maximum Gasteiger partial charge on any atom is 0.335 e. The highest BCUT2D eigenvalue weighted by atomic mass is 79.9. The molecule has 0 aliphatic carbocycles. The molecule has 0 atom stereocenters. The minimum Gasteiger partial charge on any atom is -0.486 e. The van der Waals surface area contributed by atoms with Gasteiger partial charge in [0.2, 0.25) is 0 Å². The summed E-state index contributed by atoms with van der Waals surface area (Å²) in [7, 11) is 0. The lowest BCUT2D eigenvalue weighted by Crippen LogP contribution is -2.54. The lowest BCUT2D eigenvalue weighted by atomic mass is 10.1. The molecule has 4 amide bonds. The van der Waals surface area contributed by atoms with Crippen LogP contribution in [-0.2, 0) is 16.2 Å². The summed E-state index contributed by atoms with van der Waals surface area (Å²) in [5.41, 5.74) is 3.23. The second kappa shape index (κ2) is 10.2. The van der Waals surface area contributed by atoms with Gasteiger partial charge in [0, 0.05) is 4.47 Å². The van der Waals surface area contributed by atoms with Gasteiger partial charge in [-0.25, -0.2) is 9.69 Å². The van der Waals surface area contributed by atoms with Crippen LogP contribution < -0.4 is 15.0 Å². The van der Waals surface area contributed by atoms with E-state index in [9.17, 15) is 14.4 Å². The number of benzene rings is 3. The predicted molar refractivity (Wildman–Crippen MR) is 140 cm³/mol. The summed E-state index contributed by atoms with van der Waals surface area (Å²) >= 11 is 16.2. The molecular weight excluding hydrogens is 555 g/mol. The molecule has 0 unspecified atom stereocenters. The zero-order chi connectivity index (χ0) is 25.3. The standard InChI is InChI=1S/C26H19BrCl2N2O4/c1-14-7-15(2)9-19(8-14)31-25(33)20(24(32)30-26(31)34)10-17-11-21(28)23(22(29)12-17)35-13-16-3-5-18(27)6-4-16/h3-12H,13H2,1-2H3,(H,30,32,34)/b20-10+. The zero-order valence-corrected chi connectivity index (χ0v) is 21.8. The van der Waals surface area contributed by atoms with E-state index in [-0.39, 0.29) is 28.0 Å². The number of ether oxygens (including phenoxy) is 1. The predicted octanol–water partition coefficient (Wildman–Crippen LogP) is 6.62. The fourth-order valence-corrected chi connectivity index (χ4v) is 4.55. The minimum atomic E-state index is -0.810. The van der Waals surface area contributed by atoms with Crippen LogP contribution in [0.15, 0.2) is 64.6 Å². The van der Waals surface area contributed by atoms with Crippen LogP contribution in [0.3, 0.4) is 0 Å². The van der Waals surface area contributed by atoms with E-state index >= 15 is 0 Å². The third-order valence-corrected chi connectivity index (χ3v) is 6.28. The Labute approximate surface area is 220 Å². The molecule has 1 N–H and O–H groups in total. The van der Waals surface area contributed by atoms with Crippen LogP contribution in [-0.4, -0.2) is 17.8 Å². The van der Waals surface area contributed by atoms with E-state index in [4.69, 9.17) is 27.9 Å². The van der Waals surface area contributed by atoms with Gasteiger partial charge >= 0.3 is 6.03 Å². The largest absolute Gasteiger partial charge is 0.486 e. The van der Waals surface area contributed by atoms with Crippen LogP contribution in [0.5, 0.6) is 5.75 Å². The average Bonchev–Trinajstić information content (AvgIpc) is 2.76. The number of nitrogens with one attached hydrogen (secondary N) is 1. The number of carbonyl (C=O) groups is 3. The number of hydrogen-bond acceptors (Lipinski definition) is 4. The minimum absolute atomic E-state index is 0.215. The number of aryl methyl sites for hydroxylation is 2. The molecule has 1 fully saturated rings. The van der Waals surface area contributed by atoms with Gasteiger partial charge in [-0.15, -0.1) is 0 Å². The Balaban J connectivity index is 1.62. The molecule has 0 aromatic heterocycles. The summed E-state index contributed by atoms with van der Waals surface area (Å²) < 4.78 is 6.75. The Bertz CT molecular complexity index is 1340. The molecule has 178 valence electrons. The number of carbonyl (C=O) groups excluding carboxylic acids is 3. The van der Waals surface area contributed by atoms with Crippen molar-refractivity contribution in [3.63, 3.8) is 0 Å². The Hall–Kier alpha value is -3.13. The van der Waals surface area contributed by atoms with E-state index in [1.807, 2.05) is 44.2 Å². The highest BCUT2D eigenvalue weighted by Gasteiger charge is 2.37. The lowest BCUT2D eigenvalue weighted by Gasteiger charge is -2.27. The fraction of sp³-hybridized carbons (Fsp3) is 0.115. The van der Waals surface area contributed by atoms with Crippen LogP contribution in [0, 0.1) is 13.8 Å². The Morgan fingerprint density at radius 1 is 0.943 bits per heavy atom. The molecule has 3 aromatic rings. The van der Waals surface area contributed by atoms with Gasteiger partial charge in [0.1, 0.15) is 12.2 Å². The summed E-state index contributed by atoms with van der Waals surface area (Å²) in [5, 5.41) is 2.65. The molecule has 4 rings (SSSR count). The lowest BCUT2D eigenvalue weighted by molar-refractivity contribution is -0.122. The smallest absolute Gasteiger partial charge is 0.335 e. The molecule has 9 heteroatoms. The highest BCUT2D eigenvalue weighted by molar-refractivity contribution is 9.10. The summed E-state index contributed by atoms with van der Waals surface area (Å²) in [6, 6.07) is 15.2.